The van der Waals surface area contributed by atoms with Crippen LogP contribution in [0.3, 0.4) is 0 Å². The molecule has 2 fully saturated rings. The van der Waals surface area contributed by atoms with Crippen LogP contribution in [0, 0.1) is 5.41 Å². The van der Waals surface area contributed by atoms with Crippen molar-refractivity contribution in [3.8, 4) is 0 Å². The first-order valence-corrected chi connectivity index (χ1v) is 7.52. The van der Waals surface area contributed by atoms with Crippen LogP contribution in [0.25, 0.3) is 0 Å². The third-order valence-electron chi connectivity index (χ3n) is 4.80. The Hall–Kier alpha value is -1.30. The van der Waals surface area contributed by atoms with Gasteiger partial charge in [0.05, 0.1) is 6.54 Å². The van der Waals surface area contributed by atoms with E-state index in [9.17, 15) is 9.59 Å². The van der Waals surface area contributed by atoms with Crippen LogP contribution in [-0.4, -0.2) is 66.2 Å². The zero-order valence-corrected chi connectivity index (χ0v) is 12.2. The molecule has 2 N–H and O–H groups in total. The number of carboxylic acids is 1. The smallest absolute Gasteiger partial charge is 0.317 e. The van der Waals surface area contributed by atoms with Crippen molar-refractivity contribution in [2.24, 2.45) is 5.41 Å². The first-order valence-electron chi connectivity index (χ1n) is 7.52. The highest BCUT2D eigenvalue weighted by atomic mass is 16.4. The molecular weight excluding hydrogens is 258 g/mol. The maximum atomic E-state index is 12.1. The molecule has 1 saturated heterocycles. The number of aliphatic carboxylic acids is 1. The van der Waals surface area contributed by atoms with Crippen molar-refractivity contribution in [3.63, 3.8) is 0 Å². The number of piperazine rings is 1. The van der Waals surface area contributed by atoms with Gasteiger partial charge in [-0.3, -0.25) is 9.69 Å². The molecule has 0 atom stereocenters. The number of carbonyl (C=O) groups is 2. The van der Waals surface area contributed by atoms with Crippen molar-refractivity contribution >= 4 is 12.0 Å². The zero-order valence-electron chi connectivity index (χ0n) is 12.2. The normalized spacial score (nSPS) is 22.1. The van der Waals surface area contributed by atoms with Crippen LogP contribution in [0.2, 0.25) is 0 Å². The van der Waals surface area contributed by atoms with Crippen molar-refractivity contribution in [3.05, 3.63) is 0 Å². The molecule has 0 bridgehead atoms. The molecule has 114 valence electrons. The molecule has 6 heteroatoms. The molecule has 2 aliphatic rings. The fourth-order valence-electron chi connectivity index (χ4n) is 3.01. The second kappa shape index (κ2) is 6.43. The Morgan fingerprint density at radius 2 is 1.85 bits per heavy atom. The molecule has 0 aromatic rings. The second-order valence-corrected chi connectivity index (χ2v) is 6.02. The summed E-state index contributed by atoms with van der Waals surface area (Å²) in [6, 6.07) is -0.000278. The monoisotopic (exact) mass is 283 g/mol. The predicted octanol–water partition coefficient (Wildman–Crippen LogP) is 0.979. The molecule has 0 aromatic carbocycles. The Kier molecular flexibility index (Phi) is 4.86. The third-order valence-corrected chi connectivity index (χ3v) is 4.80. The summed E-state index contributed by atoms with van der Waals surface area (Å²) in [4.78, 5) is 26.4. The number of carbonyl (C=O) groups excluding carboxylic acids is 1. The quantitative estimate of drug-likeness (QED) is 0.789. The van der Waals surface area contributed by atoms with Crippen LogP contribution in [0.15, 0.2) is 0 Å². The minimum Gasteiger partial charge on any atom is -0.480 e. The zero-order chi connectivity index (χ0) is 14.6. The molecule has 2 amide bonds. The van der Waals surface area contributed by atoms with Gasteiger partial charge in [0.15, 0.2) is 0 Å². The number of amides is 2. The lowest BCUT2D eigenvalue weighted by atomic mass is 9.67. The summed E-state index contributed by atoms with van der Waals surface area (Å²) in [5.74, 6) is -0.808. The van der Waals surface area contributed by atoms with Crippen molar-refractivity contribution in [1.29, 1.82) is 0 Å². The molecule has 1 aliphatic carbocycles. The van der Waals surface area contributed by atoms with Gasteiger partial charge >= 0.3 is 12.0 Å². The standard InChI is InChI=1S/C14H25N3O3/c1-2-14(4-3-5-14)11-15-13(20)17-8-6-16(7-9-17)10-12(18)19/h2-11H2,1H3,(H,15,20)(H,18,19). The summed E-state index contributed by atoms with van der Waals surface area (Å²) in [7, 11) is 0. The molecule has 0 aromatic heterocycles. The van der Waals surface area contributed by atoms with E-state index >= 15 is 0 Å². The van der Waals surface area contributed by atoms with Crippen molar-refractivity contribution in [2.75, 3.05) is 39.3 Å². The number of carboxylic acid groups (broad SMARTS) is 1. The summed E-state index contributed by atoms with van der Waals surface area (Å²) >= 11 is 0. The van der Waals surface area contributed by atoms with Gasteiger partial charge in [-0.05, 0) is 24.7 Å². The Morgan fingerprint density at radius 1 is 1.20 bits per heavy atom. The van der Waals surface area contributed by atoms with Gasteiger partial charge in [0.2, 0.25) is 0 Å². The van der Waals surface area contributed by atoms with Crippen molar-refractivity contribution in [2.45, 2.75) is 32.6 Å². The van der Waals surface area contributed by atoms with E-state index in [1.54, 1.807) is 4.90 Å². The number of hydrogen-bond donors (Lipinski definition) is 2. The number of hydrogen-bond acceptors (Lipinski definition) is 3. The van der Waals surface area contributed by atoms with E-state index < -0.39 is 5.97 Å². The molecular formula is C14H25N3O3. The Labute approximate surface area is 120 Å². The molecule has 1 heterocycles. The van der Waals surface area contributed by atoms with Gasteiger partial charge in [0.25, 0.3) is 0 Å². The lowest BCUT2D eigenvalue weighted by Gasteiger charge is -2.42. The van der Waals surface area contributed by atoms with E-state index in [0.717, 1.165) is 13.0 Å². The highest BCUT2D eigenvalue weighted by Crippen LogP contribution is 2.43. The van der Waals surface area contributed by atoms with Gasteiger partial charge in [-0.15, -0.1) is 0 Å². The van der Waals surface area contributed by atoms with Crippen LogP contribution in [0.4, 0.5) is 4.79 Å². The minimum atomic E-state index is -0.808. The summed E-state index contributed by atoms with van der Waals surface area (Å²) < 4.78 is 0. The highest BCUT2D eigenvalue weighted by Gasteiger charge is 2.35. The van der Waals surface area contributed by atoms with E-state index in [1.165, 1.54) is 19.3 Å². The van der Waals surface area contributed by atoms with Gasteiger partial charge in [-0.2, -0.15) is 0 Å². The number of nitrogens with zero attached hydrogens (tertiary/aromatic N) is 2. The van der Waals surface area contributed by atoms with Crippen molar-refractivity contribution < 1.29 is 14.7 Å². The topological polar surface area (TPSA) is 72.9 Å². The molecule has 1 saturated carbocycles. The molecule has 0 unspecified atom stereocenters. The van der Waals surface area contributed by atoms with E-state index in [2.05, 4.69) is 12.2 Å². The second-order valence-electron chi connectivity index (χ2n) is 6.02. The van der Waals surface area contributed by atoms with Gasteiger partial charge in [0, 0.05) is 32.7 Å². The van der Waals surface area contributed by atoms with E-state index in [1.807, 2.05) is 4.90 Å². The van der Waals surface area contributed by atoms with Crippen molar-refractivity contribution in [1.82, 2.24) is 15.1 Å². The molecule has 1 aliphatic heterocycles. The molecule has 0 spiro atoms. The minimum absolute atomic E-state index is 0.000278. The molecule has 2 rings (SSSR count). The Balaban J connectivity index is 1.70. The molecule has 0 radical (unpaired) electrons. The molecule has 6 nitrogen and oxygen atoms in total. The van der Waals surface area contributed by atoms with E-state index in [0.29, 0.717) is 31.6 Å². The summed E-state index contributed by atoms with van der Waals surface area (Å²) in [6.45, 7) is 5.52. The Morgan fingerprint density at radius 3 is 2.30 bits per heavy atom. The fraction of sp³-hybridized carbons (Fsp3) is 0.857. The largest absolute Gasteiger partial charge is 0.480 e. The third kappa shape index (κ3) is 3.62. The van der Waals surface area contributed by atoms with Crippen LogP contribution in [-0.2, 0) is 4.79 Å². The number of rotatable bonds is 5. The fourth-order valence-corrected chi connectivity index (χ4v) is 3.01. The van der Waals surface area contributed by atoms with Gasteiger partial charge < -0.3 is 15.3 Å². The number of nitrogens with one attached hydrogen (secondary N) is 1. The van der Waals surface area contributed by atoms with Gasteiger partial charge in [-0.25, -0.2) is 4.79 Å². The summed E-state index contributed by atoms with van der Waals surface area (Å²) in [6.07, 6.45) is 4.84. The van der Waals surface area contributed by atoms with E-state index in [4.69, 9.17) is 5.11 Å². The predicted molar refractivity (Wildman–Crippen MR) is 75.6 cm³/mol. The number of urea groups is 1. The van der Waals surface area contributed by atoms with Crippen LogP contribution < -0.4 is 5.32 Å². The summed E-state index contributed by atoms with van der Waals surface area (Å²) in [5.41, 5.74) is 0.334. The average Bonchev–Trinajstić information content (AvgIpc) is 2.38. The Bertz CT molecular complexity index is 355. The highest BCUT2D eigenvalue weighted by molar-refractivity contribution is 5.74. The van der Waals surface area contributed by atoms with Gasteiger partial charge in [-0.1, -0.05) is 13.3 Å². The maximum absolute atomic E-state index is 12.1. The van der Waals surface area contributed by atoms with Crippen LogP contribution in [0.5, 0.6) is 0 Å². The molecule has 20 heavy (non-hydrogen) atoms. The average molecular weight is 283 g/mol. The first-order chi connectivity index (χ1) is 9.54. The maximum Gasteiger partial charge on any atom is 0.317 e. The van der Waals surface area contributed by atoms with Crippen LogP contribution >= 0.6 is 0 Å². The summed E-state index contributed by atoms with van der Waals surface area (Å²) in [5, 5.41) is 11.8. The van der Waals surface area contributed by atoms with E-state index in [-0.39, 0.29) is 12.6 Å². The first kappa shape index (κ1) is 15.1. The lowest BCUT2D eigenvalue weighted by Crippen LogP contribution is -2.54. The lowest BCUT2D eigenvalue weighted by molar-refractivity contribution is -0.138. The SMILES string of the molecule is CCC1(CNC(=O)N2CCN(CC(=O)O)CC2)CCC1. The van der Waals surface area contributed by atoms with Gasteiger partial charge in [0.1, 0.15) is 0 Å². The van der Waals surface area contributed by atoms with Crippen LogP contribution in [0.1, 0.15) is 32.6 Å².